The second-order valence-corrected chi connectivity index (χ2v) is 11.3. The summed E-state index contributed by atoms with van der Waals surface area (Å²) in [6, 6.07) is 18.0. The average Bonchev–Trinajstić information content (AvgIpc) is 3.14. The number of aromatic nitrogens is 1. The van der Waals surface area contributed by atoms with Gasteiger partial charge in [0, 0.05) is 36.0 Å². The number of rotatable bonds is 5. The number of nitrogens with one attached hydrogen (secondary N) is 1. The molecule has 5 rings (SSSR count). The van der Waals surface area contributed by atoms with Crippen molar-refractivity contribution in [2.75, 3.05) is 23.7 Å². The molecule has 7 heteroatoms. The van der Waals surface area contributed by atoms with Crippen LogP contribution >= 0.6 is 0 Å². The monoisotopic (exact) mass is 463 g/mol. The molecule has 6 nitrogen and oxygen atoms in total. The fourth-order valence-electron chi connectivity index (χ4n) is 5.47. The summed E-state index contributed by atoms with van der Waals surface area (Å²) in [6.45, 7) is 1.07. The van der Waals surface area contributed by atoms with E-state index in [-0.39, 0.29) is 17.2 Å². The van der Waals surface area contributed by atoms with Gasteiger partial charge >= 0.3 is 0 Å². The van der Waals surface area contributed by atoms with E-state index in [2.05, 4.69) is 22.4 Å². The SMILES string of the molecule is CS(=O)(=O)N1CC2(CCC(C(=O)NCCc3cnc4ccccc4c3)CC2)c2ccccc21. The molecule has 1 aliphatic heterocycles. The van der Waals surface area contributed by atoms with Gasteiger partial charge in [-0.15, -0.1) is 0 Å². The van der Waals surface area contributed by atoms with Gasteiger partial charge in [0.15, 0.2) is 0 Å². The Kier molecular flexibility index (Phi) is 5.60. The molecule has 1 N–H and O–H groups in total. The number of amides is 1. The number of anilines is 1. The first-order valence-electron chi connectivity index (χ1n) is 11.5. The molecule has 2 aromatic carbocycles. The summed E-state index contributed by atoms with van der Waals surface area (Å²) in [6.07, 6.45) is 7.09. The molecular weight excluding hydrogens is 434 g/mol. The minimum atomic E-state index is -3.32. The van der Waals surface area contributed by atoms with Crippen molar-refractivity contribution in [1.82, 2.24) is 10.3 Å². The van der Waals surface area contributed by atoms with Gasteiger partial charge in [0.1, 0.15) is 0 Å². The molecule has 1 aromatic heterocycles. The summed E-state index contributed by atoms with van der Waals surface area (Å²) in [4.78, 5) is 17.3. The molecule has 0 bridgehead atoms. The van der Waals surface area contributed by atoms with Gasteiger partial charge in [0.2, 0.25) is 15.9 Å². The molecule has 33 heavy (non-hydrogen) atoms. The molecule has 2 aliphatic rings. The van der Waals surface area contributed by atoms with Crippen LogP contribution in [0.15, 0.2) is 60.8 Å². The third-order valence-corrected chi connectivity index (χ3v) is 8.39. The van der Waals surface area contributed by atoms with Crippen LogP contribution in [0, 0.1) is 5.92 Å². The number of benzene rings is 2. The van der Waals surface area contributed by atoms with E-state index in [9.17, 15) is 13.2 Å². The van der Waals surface area contributed by atoms with E-state index in [0.717, 1.165) is 59.8 Å². The van der Waals surface area contributed by atoms with Crippen LogP contribution in [-0.4, -0.2) is 38.7 Å². The van der Waals surface area contributed by atoms with Gasteiger partial charge < -0.3 is 5.32 Å². The summed E-state index contributed by atoms with van der Waals surface area (Å²) in [7, 11) is -3.32. The Morgan fingerprint density at radius 2 is 1.85 bits per heavy atom. The summed E-state index contributed by atoms with van der Waals surface area (Å²) in [5.74, 6) is 0.0784. The molecule has 0 saturated heterocycles. The Hall–Kier alpha value is -2.93. The predicted octanol–water partition coefficient (Wildman–Crippen LogP) is 3.80. The Morgan fingerprint density at radius 3 is 2.64 bits per heavy atom. The minimum absolute atomic E-state index is 0.0233. The summed E-state index contributed by atoms with van der Waals surface area (Å²) >= 11 is 0. The Bertz CT molecular complexity index is 1300. The number of hydrogen-bond acceptors (Lipinski definition) is 4. The lowest BCUT2D eigenvalue weighted by Crippen LogP contribution is -2.42. The lowest BCUT2D eigenvalue weighted by Gasteiger charge is -2.37. The van der Waals surface area contributed by atoms with Gasteiger partial charge in [-0.3, -0.25) is 14.1 Å². The number of pyridine rings is 1. The Morgan fingerprint density at radius 1 is 1.12 bits per heavy atom. The number of fused-ring (bicyclic) bond motifs is 3. The van der Waals surface area contributed by atoms with Crippen molar-refractivity contribution in [3.8, 4) is 0 Å². The molecule has 0 unspecified atom stereocenters. The van der Waals surface area contributed by atoms with Crippen LogP contribution in [0.25, 0.3) is 10.9 Å². The molecular formula is C26H29N3O3S. The van der Waals surface area contributed by atoms with Gasteiger partial charge in [-0.1, -0.05) is 36.4 Å². The van der Waals surface area contributed by atoms with E-state index in [0.29, 0.717) is 13.1 Å². The van der Waals surface area contributed by atoms with Crippen molar-refractivity contribution < 1.29 is 13.2 Å². The number of nitrogens with zero attached hydrogens (tertiary/aromatic N) is 2. The highest BCUT2D eigenvalue weighted by Crippen LogP contribution is 2.50. The first-order chi connectivity index (χ1) is 15.9. The van der Waals surface area contributed by atoms with Crippen molar-refractivity contribution in [2.24, 2.45) is 5.92 Å². The summed E-state index contributed by atoms with van der Waals surface area (Å²) < 4.78 is 26.3. The minimum Gasteiger partial charge on any atom is -0.356 e. The molecule has 3 aromatic rings. The highest BCUT2D eigenvalue weighted by Gasteiger charge is 2.47. The molecule has 1 spiro atoms. The molecule has 1 aliphatic carbocycles. The van der Waals surface area contributed by atoms with Crippen LogP contribution in [0.4, 0.5) is 5.69 Å². The zero-order valence-corrected chi connectivity index (χ0v) is 19.6. The van der Waals surface area contributed by atoms with Crippen molar-refractivity contribution in [1.29, 1.82) is 0 Å². The topological polar surface area (TPSA) is 79.4 Å². The van der Waals surface area contributed by atoms with Crippen LogP contribution < -0.4 is 9.62 Å². The van der Waals surface area contributed by atoms with Crippen LogP contribution in [0.5, 0.6) is 0 Å². The van der Waals surface area contributed by atoms with Gasteiger partial charge in [-0.05, 0) is 61.4 Å². The van der Waals surface area contributed by atoms with Crippen LogP contribution in [-0.2, 0) is 26.7 Å². The lowest BCUT2D eigenvalue weighted by atomic mass is 9.67. The maximum Gasteiger partial charge on any atom is 0.232 e. The molecule has 172 valence electrons. The van der Waals surface area contributed by atoms with E-state index in [1.54, 1.807) is 4.31 Å². The van der Waals surface area contributed by atoms with E-state index in [1.165, 1.54) is 6.26 Å². The fourth-order valence-corrected chi connectivity index (χ4v) is 6.47. The Balaban J connectivity index is 1.19. The molecule has 0 atom stereocenters. The number of hydrogen-bond donors (Lipinski definition) is 1. The summed E-state index contributed by atoms with van der Waals surface area (Å²) in [5.41, 5.74) is 3.81. The van der Waals surface area contributed by atoms with E-state index < -0.39 is 10.0 Å². The maximum atomic E-state index is 12.8. The molecule has 1 fully saturated rings. The number of carbonyl (C=O) groups is 1. The van der Waals surface area contributed by atoms with E-state index >= 15 is 0 Å². The molecule has 0 radical (unpaired) electrons. The average molecular weight is 464 g/mol. The second-order valence-electron chi connectivity index (χ2n) is 9.42. The highest BCUT2D eigenvalue weighted by atomic mass is 32.2. The fraction of sp³-hybridized carbons (Fsp3) is 0.385. The van der Waals surface area contributed by atoms with Gasteiger partial charge in [-0.25, -0.2) is 8.42 Å². The standard InChI is InChI=1S/C26H29N3O3S/c1-33(31,32)29-18-26(22-7-3-5-9-24(22)29)13-10-20(11-14-26)25(30)27-15-12-19-16-21-6-2-4-8-23(21)28-17-19/h2-9,16-17,20H,10-15,18H2,1H3,(H,27,30). The zero-order chi connectivity index (χ0) is 23.1. The van der Waals surface area contributed by atoms with Gasteiger partial charge in [-0.2, -0.15) is 0 Å². The van der Waals surface area contributed by atoms with Gasteiger partial charge in [0.25, 0.3) is 0 Å². The highest BCUT2D eigenvalue weighted by molar-refractivity contribution is 7.92. The van der Waals surface area contributed by atoms with Crippen LogP contribution in [0.1, 0.15) is 36.8 Å². The summed E-state index contributed by atoms with van der Waals surface area (Å²) in [5, 5.41) is 4.22. The first-order valence-corrected chi connectivity index (χ1v) is 13.4. The predicted molar refractivity (Wildman–Crippen MR) is 131 cm³/mol. The van der Waals surface area contributed by atoms with E-state index in [4.69, 9.17) is 0 Å². The van der Waals surface area contributed by atoms with Crippen molar-refractivity contribution in [3.05, 3.63) is 71.9 Å². The van der Waals surface area contributed by atoms with E-state index in [1.807, 2.05) is 48.7 Å². The first kappa shape index (κ1) is 21.9. The van der Waals surface area contributed by atoms with Crippen LogP contribution in [0.2, 0.25) is 0 Å². The van der Waals surface area contributed by atoms with Crippen molar-refractivity contribution in [3.63, 3.8) is 0 Å². The van der Waals surface area contributed by atoms with Crippen molar-refractivity contribution >= 4 is 32.5 Å². The third kappa shape index (κ3) is 4.22. The third-order valence-electron chi connectivity index (χ3n) is 7.26. The number of carbonyl (C=O) groups excluding carboxylic acids is 1. The normalized spacial score (nSPS) is 22.5. The lowest BCUT2D eigenvalue weighted by molar-refractivity contribution is -0.126. The quantitative estimate of drug-likeness (QED) is 0.624. The molecule has 1 saturated carbocycles. The molecule has 2 heterocycles. The number of para-hydroxylation sites is 2. The molecule has 1 amide bonds. The second kappa shape index (κ2) is 8.45. The van der Waals surface area contributed by atoms with Crippen molar-refractivity contribution in [2.45, 2.75) is 37.5 Å². The maximum absolute atomic E-state index is 12.8. The smallest absolute Gasteiger partial charge is 0.232 e. The zero-order valence-electron chi connectivity index (χ0n) is 18.8. The van der Waals surface area contributed by atoms with Gasteiger partial charge in [0.05, 0.1) is 17.5 Å². The Labute approximate surface area is 195 Å². The number of sulfonamides is 1. The van der Waals surface area contributed by atoms with Crippen LogP contribution in [0.3, 0.4) is 0 Å². The largest absolute Gasteiger partial charge is 0.356 e.